The van der Waals surface area contributed by atoms with Crippen molar-refractivity contribution in [3.05, 3.63) is 53.1 Å². The molecule has 0 aliphatic rings. The molecular weight excluding hydrogens is 420 g/mol. The lowest BCUT2D eigenvalue weighted by Crippen LogP contribution is -2.17. The highest BCUT2D eigenvalue weighted by molar-refractivity contribution is 8.04. The van der Waals surface area contributed by atoms with Crippen molar-refractivity contribution in [2.45, 2.75) is 23.9 Å². The van der Waals surface area contributed by atoms with Crippen molar-refractivity contribution in [1.82, 2.24) is 15.3 Å². The largest absolute Gasteiger partial charge is 0.472 e. The standard InChI is InChI=1S/C18H21F2N5O2S2/c1-11(8-26)27-16-7-15(25-29-12(2)22-10-21-3)23-18(24-16)28-9-13-5-4-6-14(19)17(13)20/h4-7,10-11,26H,2,8-9H2,1,3H3,(H,21,22)(H,23,24,25)/t11-/m1/s1. The molecule has 7 nitrogen and oxygen atoms in total. The first-order valence-corrected chi connectivity index (χ1v) is 10.2. The molecule has 1 aromatic carbocycles. The lowest BCUT2D eigenvalue weighted by molar-refractivity contribution is 0.124. The van der Waals surface area contributed by atoms with Crippen LogP contribution in [-0.4, -0.2) is 41.2 Å². The van der Waals surface area contributed by atoms with Crippen molar-refractivity contribution in [1.29, 1.82) is 0 Å². The molecule has 0 amide bonds. The average Bonchev–Trinajstić information content (AvgIpc) is 2.71. The summed E-state index contributed by atoms with van der Waals surface area (Å²) in [7, 11) is 1.62. The molecule has 156 valence electrons. The van der Waals surface area contributed by atoms with Gasteiger partial charge in [-0.25, -0.2) is 13.8 Å². The Balaban J connectivity index is 2.15. The summed E-state index contributed by atoms with van der Waals surface area (Å²) in [6.45, 7) is 5.32. The van der Waals surface area contributed by atoms with Crippen molar-refractivity contribution in [2.75, 3.05) is 18.4 Å². The third-order valence-electron chi connectivity index (χ3n) is 3.28. The summed E-state index contributed by atoms with van der Waals surface area (Å²) < 4.78 is 35.8. The zero-order chi connectivity index (χ0) is 21.2. The highest BCUT2D eigenvalue weighted by atomic mass is 32.2. The summed E-state index contributed by atoms with van der Waals surface area (Å²) in [5.41, 5.74) is 0.203. The second-order valence-corrected chi connectivity index (χ2v) is 7.49. The van der Waals surface area contributed by atoms with Gasteiger partial charge in [0.05, 0.1) is 18.0 Å². The maximum atomic E-state index is 13.9. The Hall–Kier alpha value is -2.37. The summed E-state index contributed by atoms with van der Waals surface area (Å²) in [4.78, 5) is 12.4. The molecule has 0 aliphatic carbocycles. The number of aliphatic hydroxyl groups excluding tert-OH is 1. The number of halogens is 2. The Kier molecular flexibility index (Phi) is 9.16. The number of aromatic nitrogens is 2. The molecule has 1 aromatic heterocycles. The number of hydrogen-bond acceptors (Lipinski definition) is 8. The van der Waals surface area contributed by atoms with Gasteiger partial charge in [-0.3, -0.25) is 4.99 Å². The third-order valence-corrected chi connectivity index (χ3v) is 4.85. The van der Waals surface area contributed by atoms with E-state index in [1.54, 1.807) is 20.0 Å². The minimum Gasteiger partial charge on any atom is -0.472 e. The van der Waals surface area contributed by atoms with Crippen molar-refractivity contribution in [3.63, 3.8) is 0 Å². The molecule has 0 aliphatic heterocycles. The van der Waals surface area contributed by atoms with Gasteiger partial charge in [-0.2, -0.15) is 4.98 Å². The number of ether oxygens (including phenoxy) is 1. The van der Waals surface area contributed by atoms with Crippen molar-refractivity contribution in [2.24, 2.45) is 4.99 Å². The molecule has 2 aromatic rings. The van der Waals surface area contributed by atoms with Gasteiger partial charge in [0, 0.05) is 36.4 Å². The fraction of sp³-hybridized carbons (Fsp3) is 0.278. The van der Waals surface area contributed by atoms with Crippen molar-refractivity contribution < 1.29 is 18.6 Å². The zero-order valence-corrected chi connectivity index (χ0v) is 17.5. The molecule has 3 N–H and O–H groups in total. The number of hydrogen-bond donors (Lipinski definition) is 3. The van der Waals surface area contributed by atoms with Gasteiger partial charge in [-0.15, -0.1) is 0 Å². The van der Waals surface area contributed by atoms with Crippen LogP contribution in [0, 0.1) is 11.6 Å². The van der Waals surface area contributed by atoms with E-state index in [0.717, 1.165) is 17.8 Å². The Labute approximate surface area is 176 Å². The Bertz CT molecular complexity index is 870. The number of anilines is 1. The van der Waals surface area contributed by atoms with Crippen molar-refractivity contribution in [3.8, 4) is 5.88 Å². The first-order valence-electron chi connectivity index (χ1n) is 8.44. The molecule has 11 heteroatoms. The van der Waals surface area contributed by atoms with Crippen LogP contribution in [0.1, 0.15) is 12.5 Å². The van der Waals surface area contributed by atoms with Gasteiger partial charge in [0.15, 0.2) is 16.8 Å². The van der Waals surface area contributed by atoms with E-state index >= 15 is 0 Å². The SMILES string of the molecule is C=C(NC=NC)SNc1cc(O[C@H](C)CO)nc(SCc2cccc(F)c2F)n1. The molecule has 0 fully saturated rings. The summed E-state index contributed by atoms with van der Waals surface area (Å²) in [5, 5.41) is 12.9. The number of nitrogens with zero attached hydrogens (tertiary/aromatic N) is 3. The fourth-order valence-electron chi connectivity index (χ4n) is 1.91. The monoisotopic (exact) mass is 441 g/mol. The van der Waals surface area contributed by atoms with E-state index < -0.39 is 17.7 Å². The van der Waals surface area contributed by atoms with Gasteiger partial charge >= 0.3 is 0 Å². The maximum absolute atomic E-state index is 13.9. The Morgan fingerprint density at radius 1 is 1.41 bits per heavy atom. The van der Waals surface area contributed by atoms with E-state index in [4.69, 9.17) is 4.74 Å². The second kappa shape index (κ2) is 11.6. The van der Waals surface area contributed by atoms with Gasteiger partial charge < -0.3 is 19.9 Å². The van der Waals surface area contributed by atoms with E-state index in [1.807, 2.05) is 0 Å². The third kappa shape index (κ3) is 7.52. The molecule has 2 rings (SSSR count). The van der Waals surface area contributed by atoms with Gasteiger partial charge in [-0.1, -0.05) is 30.5 Å². The van der Waals surface area contributed by atoms with Crippen LogP contribution in [0.3, 0.4) is 0 Å². The molecule has 29 heavy (non-hydrogen) atoms. The van der Waals surface area contributed by atoms with E-state index in [0.29, 0.717) is 16.0 Å². The minimum absolute atomic E-state index is 0.135. The molecule has 0 saturated heterocycles. The fourth-order valence-corrected chi connectivity index (χ4v) is 3.18. The molecule has 1 heterocycles. The predicted octanol–water partition coefficient (Wildman–Crippen LogP) is 3.59. The van der Waals surface area contributed by atoms with E-state index in [9.17, 15) is 13.9 Å². The lowest BCUT2D eigenvalue weighted by Gasteiger charge is -2.14. The number of benzene rings is 1. The van der Waals surface area contributed by atoms with E-state index in [-0.39, 0.29) is 23.8 Å². The molecule has 1 atom stereocenters. The summed E-state index contributed by atoms with van der Waals surface area (Å²) in [6.07, 6.45) is 1.02. The molecule has 0 bridgehead atoms. The quantitative estimate of drug-likeness (QED) is 0.160. The summed E-state index contributed by atoms with van der Waals surface area (Å²) >= 11 is 2.30. The van der Waals surface area contributed by atoms with Crippen molar-refractivity contribution >= 4 is 35.9 Å². The average molecular weight is 442 g/mol. The van der Waals surface area contributed by atoms with Crippen LogP contribution in [-0.2, 0) is 5.75 Å². The highest BCUT2D eigenvalue weighted by Crippen LogP contribution is 2.27. The molecule has 0 saturated carbocycles. The maximum Gasteiger partial charge on any atom is 0.219 e. The van der Waals surface area contributed by atoms with E-state index in [1.165, 1.54) is 30.4 Å². The first kappa shape index (κ1) is 22.9. The Morgan fingerprint density at radius 3 is 2.93 bits per heavy atom. The number of rotatable bonds is 11. The smallest absolute Gasteiger partial charge is 0.219 e. The predicted molar refractivity (Wildman–Crippen MR) is 113 cm³/mol. The van der Waals surface area contributed by atoms with Gasteiger partial charge in [-0.05, 0) is 13.0 Å². The van der Waals surface area contributed by atoms with Crippen LogP contribution >= 0.6 is 23.7 Å². The topological polar surface area (TPSA) is 91.7 Å². The van der Waals surface area contributed by atoms with Gasteiger partial charge in [0.25, 0.3) is 0 Å². The Morgan fingerprint density at radius 2 is 2.21 bits per heavy atom. The van der Waals surface area contributed by atoms with Crippen LogP contribution in [0.15, 0.2) is 46.0 Å². The second-order valence-electron chi connectivity index (χ2n) is 5.65. The van der Waals surface area contributed by atoms with Crippen LogP contribution in [0.25, 0.3) is 0 Å². The number of nitrogens with one attached hydrogen (secondary N) is 2. The lowest BCUT2D eigenvalue weighted by atomic mass is 10.2. The zero-order valence-electron chi connectivity index (χ0n) is 15.9. The molecule has 0 unspecified atom stereocenters. The number of aliphatic imine (C=N–C) groups is 1. The molecular formula is C18H21F2N5O2S2. The van der Waals surface area contributed by atoms with Crippen LogP contribution in [0.5, 0.6) is 5.88 Å². The number of aliphatic hydroxyl groups is 1. The first-order chi connectivity index (χ1) is 13.9. The highest BCUT2D eigenvalue weighted by Gasteiger charge is 2.13. The molecule has 0 spiro atoms. The van der Waals surface area contributed by atoms with Crippen LogP contribution in [0.2, 0.25) is 0 Å². The number of thioether (sulfide) groups is 1. The van der Waals surface area contributed by atoms with Gasteiger partial charge in [0.2, 0.25) is 5.88 Å². The summed E-state index contributed by atoms with van der Waals surface area (Å²) in [6, 6.07) is 5.57. The summed E-state index contributed by atoms with van der Waals surface area (Å²) in [5.74, 6) is -1.01. The van der Waals surface area contributed by atoms with Gasteiger partial charge in [0.1, 0.15) is 11.9 Å². The molecule has 0 radical (unpaired) electrons. The normalized spacial score (nSPS) is 12.0. The van der Waals surface area contributed by atoms with Crippen LogP contribution in [0.4, 0.5) is 14.6 Å². The minimum atomic E-state index is -0.904. The van der Waals surface area contributed by atoms with Crippen LogP contribution < -0.4 is 14.8 Å². The van der Waals surface area contributed by atoms with E-state index in [2.05, 4.69) is 31.6 Å².